The maximum atomic E-state index is 12.4. The molecule has 0 aromatic carbocycles. The van der Waals surface area contributed by atoms with Crippen molar-refractivity contribution in [1.29, 1.82) is 0 Å². The molecule has 1 saturated heterocycles. The number of likely N-dealkylation sites (tertiary alicyclic amines) is 1. The van der Waals surface area contributed by atoms with Crippen LogP contribution in [0.2, 0.25) is 0 Å². The van der Waals surface area contributed by atoms with Crippen LogP contribution in [0.4, 0.5) is 4.79 Å². The average Bonchev–Trinajstić information content (AvgIpc) is 2.85. The molecule has 2 rings (SSSR count). The van der Waals surface area contributed by atoms with Gasteiger partial charge in [0.25, 0.3) is 0 Å². The number of carboxylic acids is 1. The topological polar surface area (TPSA) is 81.1 Å². The number of aliphatic hydroxyl groups excluding tert-OH is 1. The summed E-state index contributed by atoms with van der Waals surface area (Å²) >= 11 is 0. The van der Waals surface area contributed by atoms with Crippen LogP contribution in [-0.2, 0) is 4.79 Å². The van der Waals surface area contributed by atoms with Gasteiger partial charge in [-0.15, -0.1) is 0 Å². The van der Waals surface area contributed by atoms with E-state index in [0.29, 0.717) is 13.1 Å². The van der Waals surface area contributed by atoms with E-state index in [4.69, 9.17) is 5.11 Å². The lowest BCUT2D eigenvalue weighted by Gasteiger charge is -2.37. The van der Waals surface area contributed by atoms with Gasteiger partial charge in [0.2, 0.25) is 0 Å². The highest BCUT2D eigenvalue weighted by molar-refractivity contribution is 5.75. The summed E-state index contributed by atoms with van der Waals surface area (Å²) in [4.78, 5) is 26.5. The normalized spacial score (nSPS) is 30.3. The molecule has 0 bridgehead atoms. The second-order valence-corrected chi connectivity index (χ2v) is 6.01. The summed E-state index contributed by atoms with van der Waals surface area (Å²) in [5.74, 6) is -0.749. The zero-order chi connectivity index (χ0) is 14.7. The molecule has 20 heavy (non-hydrogen) atoms. The molecule has 2 amide bonds. The SMILES string of the molecule is CN(C(=O)N1CCC(CC(=O)O)C1)C1CCCCC1O. The Morgan fingerprint density at radius 2 is 1.95 bits per heavy atom. The Kier molecular flexibility index (Phi) is 4.86. The first-order valence-electron chi connectivity index (χ1n) is 7.40. The largest absolute Gasteiger partial charge is 0.481 e. The summed E-state index contributed by atoms with van der Waals surface area (Å²) in [6.45, 7) is 1.13. The highest BCUT2D eigenvalue weighted by Crippen LogP contribution is 2.25. The highest BCUT2D eigenvalue weighted by atomic mass is 16.4. The van der Waals surface area contributed by atoms with Crippen LogP contribution in [-0.4, -0.2) is 64.3 Å². The number of hydrogen-bond acceptors (Lipinski definition) is 3. The van der Waals surface area contributed by atoms with Crippen molar-refractivity contribution in [3.63, 3.8) is 0 Å². The Hall–Kier alpha value is -1.30. The lowest BCUT2D eigenvalue weighted by atomic mass is 9.92. The Balaban J connectivity index is 1.89. The van der Waals surface area contributed by atoms with E-state index in [9.17, 15) is 14.7 Å². The second-order valence-electron chi connectivity index (χ2n) is 6.01. The molecular formula is C14H24N2O4. The Morgan fingerprint density at radius 1 is 1.25 bits per heavy atom. The molecule has 6 heteroatoms. The molecule has 2 aliphatic rings. The molecule has 3 unspecified atom stereocenters. The minimum absolute atomic E-state index is 0.0566. The van der Waals surface area contributed by atoms with E-state index in [1.807, 2.05) is 0 Å². The van der Waals surface area contributed by atoms with Gasteiger partial charge in [-0.25, -0.2) is 4.79 Å². The number of hydrogen-bond donors (Lipinski definition) is 2. The van der Waals surface area contributed by atoms with Gasteiger partial charge in [-0.2, -0.15) is 0 Å². The molecule has 1 aliphatic carbocycles. The van der Waals surface area contributed by atoms with Gasteiger partial charge in [0.15, 0.2) is 0 Å². The van der Waals surface area contributed by atoms with E-state index in [1.54, 1.807) is 16.8 Å². The van der Waals surface area contributed by atoms with Crippen molar-refractivity contribution in [1.82, 2.24) is 9.80 Å². The summed E-state index contributed by atoms with van der Waals surface area (Å²) in [7, 11) is 1.74. The van der Waals surface area contributed by atoms with Gasteiger partial charge in [0.05, 0.1) is 12.1 Å². The number of carbonyl (C=O) groups is 2. The molecule has 3 atom stereocenters. The van der Waals surface area contributed by atoms with Gasteiger partial charge in [-0.3, -0.25) is 4.79 Å². The number of amides is 2. The summed E-state index contributed by atoms with van der Waals surface area (Å²) in [5.41, 5.74) is 0. The van der Waals surface area contributed by atoms with Gasteiger partial charge in [-0.05, 0) is 25.2 Å². The number of rotatable bonds is 3. The summed E-state index contributed by atoms with van der Waals surface area (Å²) in [5, 5.41) is 18.8. The second kappa shape index (κ2) is 6.43. The third-order valence-corrected chi connectivity index (χ3v) is 4.51. The van der Waals surface area contributed by atoms with Crippen LogP contribution < -0.4 is 0 Å². The fourth-order valence-electron chi connectivity index (χ4n) is 3.33. The standard InChI is InChI=1S/C14H24N2O4/c1-15(11-4-2-3-5-12(11)17)14(20)16-7-6-10(9-16)8-13(18)19/h10-12,17H,2-9H2,1H3,(H,18,19). The van der Waals surface area contributed by atoms with Crippen LogP contribution in [0.5, 0.6) is 0 Å². The minimum atomic E-state index is -0.805. The van der Waals surface area contributed by atoms with E-state index < -0.39 is 12.1 Å². The van der Waals surface area contributed by atoms with Crippen LogP contribution in [0, 0.1) is 5.92 Å². The van der Waals surface area contributed by atoms with Crippen LogP contribution in [0.3, 0.4) is 0 Å². The third-order valence-electron chi connectivity index (χ3n) is 4.51. The fourth-order valence-corrected chi connectivity index (χ4v) is 3.33. The Bertz CT molecular complexity index is 374. The number of urea groups is 1. The van der Waals surface area contributed by atoms with E-state index in [1.165, 1.54) is 0 Å². The predicted octanol–water partition coefficient (Wildman–Crippen LogP) is 1.14. The Labute approximate surface area is 119 Å². The number of carboxylic acid groups (broad SMARTS) is 1. The minimum Gasteiger partial charge on any atom is -0.481 e. The van der Waals surface area contributed by atoms with Gasteiger partial charge in [0, 0.05) is 26.6 Å². The van der Waals surface area contributed by atoms with Gasteiger partial charge in [0.1, 0.15) is 0 Å². The third kappa shape index (κ3) is 3.42. The zero-order valence-electron chi connectivity index (χ0n) is 12.0. The van der Waals surface area contributed by atoms with Crippen molar-refractivity contribution in [3.05, 3.63) is 0 Å². The molecule has 114 valence electrons. The summed E-state index contributed by atoms with van der Waals surface area (Å²) in [6, 6.07) is -0.182. The maximum Gasteiger partial charge on any atom is 0.320 e. The molecular weight excluding hydrogens is 260 g/mol. The highest BCUT2D eigenvalue weighted by Gasteiger charge is 2.34. The van der Waals surface area contributed by atoms with Crippen LogP contribution in [0.15, 0.2) is 0 Å². The summed E-state index contributed by atoms with van der Waals surface area (Å²) < 4.78 is 0. The van der Waals surface area contributed by atoms with Crippen molar-refractivity contribution in [3.8, 4) is 0 Å². The Morgan fingerprint density at radius 3 is 2.60 bits per heavy atom. The predicted molar refractivity (Wildman–Crippen MR) is 73.4 cm³/mol. The van der Waals surface area contributed by atoms with Crippen molar-refractivity contribution in [2.24, 2.45) is 5.92 Å². The molecule has 0 aromatic heterocycles. The van der Waals surface area contributed by atoms with E-state index >= 15 is 0 Å². The first-order valence-corrected chi connectivity index (χ1v) is 7.40. The zero-order valence-corrected chi connectivity index (χ0v) is 12.0. The average molecular weight is 284 g/mol. The maximum absolute atomic E-state index is 12.4. The quantitative estimate of drug-likeness (QED) is 0.814. The molecule has 1 aliphatic heterocycles. The van der Waals surface area contributed by atoms with E-state index in [0.717, 1.165) is 32.1 Å². The van der Waals surface area contributed by atoms with Crippen molar-refractivity contribution < 1.29 is 19.8 Å². The van der Waals surface area contributed by atoms with Crippen molar-refractivity contribution in [2.45, 2.75) is 50.7 Å². The van der Waals surface area contributed by atoms with E-state index in [-0.39, 0.29) is 24.4 Å². The molecule has 6 nitrogen and oxygen atoms in total. The number of likely N-dealkylation sites (N-methyl/N-ethyl adjacent to an activating group) is 1. The molecule has 0 aromatic rings. The number of aliphatic hydroxyl groups is 1. The molecule has 1 heterocycles. The molecule has 0 spiro atoms. The molecule has 0 radical (unpaired) electrons. The molecule has 2 N–H and O–H groups in total. The van der Waals surface area contributed by atoms with Gasteiger partial charge >= 0.3 is 12.0 Å². The lowest BCUT2D eigenvalue weighted by molar-refractivity contribution is -0.138. The smallest absolute Gasteiger partial charge is 0.320 e. The van der Waals surface area contributed by atoms with Gasteiger partial charge < -0.3 is 20.0 Å². The number of nitrogens with zero attached hydrogens (tertiary/aromatic N) is 2. The fraction of sp³-hybridized carbons (Fsp3) is 0.857. The van der Waals surface area contributed by atoms with Crippen molar-refractivity contribution >= 4 is 12.0 Å². The van der Waals surface area contributed by atoms with Crippen LogP contribution in [0.25, 0.3) is 0 Å². The van der Waals surface area contributed by atoms with Crippen molar-refractivity contribution in [2.75, 3.05) is 20.1 Å². The summed E-state index contributed by atoms with van der Waals surface area (Å²) in [6.07, 6.45) is 4.10. The first kappa shape index (κ1) is 15.1. The monoisotopic (exact) mass is 284 g/mol. The van der Waals surface area contributed by atoms with E-state index in [2.05, 4.69) is 0 Å². The lowest BCUT2D eigenvalue weighted by Crippen LogP contribution is -2.50. The number of aliphatic carboxylic acids is 1. The van der Waals surface area contributed by atoms with Crippen LogP contribution in [0.1, 0.15) is 38.5 Å². The van der Waals surface area contributed by atoms with Crippen LogP contribution >= 0.6 is 0 Å². The number of carbonyl (C=O) groups excluding carboxylic acids is 1. The molecule has 2 fully saturated rings. The molecule has 1 saturated carbocycles. The first-order chi connectivity index (χ1) is 9.49. The van der Waals surface area contributed by atoms with Gasteiger partial charge in [-0.1, -0.05) is 12.8 Å².